The van der Waals surface area contributed by atoms with Gasteiger partial charge in [-0.05, 0) is 137 Å². The van der Waals surface area contributed by atoms with E-state index >= 15 is 0 Å². The van der Waals surface area contributed by atoms with E-state index in [2.05, 4.69) is 52.8 Å². The molecule has 1 saturated heterocycles. The molecule has 23 heteroatoms. The number of nitrogens with one attached hydrogen (secondary N) is 5. The number of piperidine rings is 1. The second-order valence-corrected chi connectivity index (χ2v) is 20.2. The molecule has 0 spiro atoms. The number of unbranched alkanes of at least 4 members (excludes halogenated alkanes) is 2. The zero-order valence-corrected chi connectivity index (χ0v) is 44.2. The number of hydrogen-bond acceptors (Lipinski definition) is 13. The first-order valence-corrected chi connectivity index (χ1v) is 25.6. The standard InChI is InChI=1S/C53H59BrF2N10O10/c1-30-14-15-32(26-41(30)65-31(2)25-42(45(54)51(65)73)75-29-33-16-17-34(55)27-37(33)56)46(68)58-22-7-6-11-35-28-64(63-62-35)24-20-39(60-52(74)76-53(3,4)5)47(69)59-23-9-8-21-57-38-13-10-12-36-44(38)50(72)66(49(36)71)40-18-19-43(67)61-48(40)70/h10,12-17,25-28,39-40,57H,6-9,11,18-24,29H2,1-5H3,(H,58,68)(H,59,69)(H,60,74)(H,61,67,70)/t39-,40?/m0/s1. The van der Waals surface area contributed by atoms with E-state index in [9.17, 15) is 47.1 Å². The van der Waals surface area contributed by atoms with Crippen LogP contribution in [0.5, 0.6) is 5.75 Å². The number of halogens is 3. The van der Waals surface area contributed by atoms with Gasteiger partial charge >= 0.3 is 6.09 Å². The minimum atomic E-state index is -1.08. The van der Waals surface area contributed by atoms with Crippen molar-refractivity contribution in [3.63, 3.8) is 0 Å². The largest absolute Gasteiger partial charge is 0.487 e. The number of hydrogen-bond donors (Lipinski definition) is 5. The van der Waals surface area contributed by atoms with Crippen molar-refractivity contribution in [2.75, 3.05) is 25.0 Å². The van der Waals surface area contributed by atoms with Crippen LogP contribution >= 0.6 is 15.9 Å². The molecule has 3 aromatic carbocycles. The molecule has 1 unspecified atom stereocenters. The topological polar surface area (TPSA) is 254 Å². The Morgan fingerprint density at radius 2 is 1.66 bits per heavy atom. The van der Waals surface area contributed by atoms with E-state index in [1.807, 2.05) is 6.92 Å². The van der Waals surface area contributed by atoms with Crippen molar-refractivity contribution in [1.82, 2.24) is 45.7 Å². The predicted octanol–water partition coefficient (Wildman–Crippen LogP) is 6.11. The number of anilines is 1. The number of carbonyl (C=O) groups is 7. The van der Waals surface area contributed by atoms with Crippen LogP contribution in [0, 0.1) is 25.5 Å². The molecule has 2 aliphatic rings. The van der Waals surface area contributed by atoms with E-state index < -0.39 is 70.5 Å². The molecule has 4 heterocycles. The summed E-state index contributed by atoms with van der Waals surface area (Å²) in [5.41, 5.74) is 2.35. The van der Waals surface area contributed by atoms with Crippen molar-refractivity contribution < 1.29 is 51.8 Å². The van der Waals surface area contributed by atoms with Gasteiger partial charge in [-0.15, -0.1) is 5.10 Å². The summed E-state index contributed by atoms with van der Waals surface area (Å²) >= 11 is 3.32. The van der Waals surface area contributed by atoms with Crippen LogP contribution in [-0.4, -0.2) is 103 Å². The van der Waals surface area contributed by atoms with Gasteiger partial charge in [0.05, 0.1) is 22.5 Å². The molecule has 0 bridgehead atoms. The smallest absolute Gasteiger partial charge is 0.408 e. The average molecular weight is 1110 g/mol. The summed E-state index contributed by atoms with van der Waals surface area (Å²) in [7, 11) is 0. The SMILES string of the molecule is Cc1ccc(C(=O)NCCCCc2cn(CC[C@H](NC(=O)OC(C)(C)C)C(=O)NCCCCNc3cccc4c3C(=O)N(C3CCC(=O)NC3=O)C4=O)nn2)cc1-n1c(C)cc(OCc2ccc(F)cc2F)c(Br)c1=O. The first-order valence-electron chi connectivity index (χ1n) is 24.8. The molecule has 402 valence electrons. The number of alkyl carbamates (subject to hydrolysis) is 1. The number of carbonyl (C=O) groups excluding carboxylic acids is 7. The summed E-state index contributed by atoms with van der Waals surface area (Å²) in [4.78, 5) is 105. The van der Waals surface area contributed by atoms with Gasteiger partial charge in [0.15, 0.2) is 0 Å². The van der Waals surface area contributed by atoms with Crippen molar-refractivity contribution in [3.8, 4) is 11.4 Å². The van der Waals surface area contributed by atoms with E-state index in [1.54, 1.807) is 75.0 Å². The molecule has 5 aromatic rings. The summed E-state index contributed by atoms with van der Waals surface area (Å²) in [6.45, 7) is 9.67. The van der Waals surface area contributed by atoms with Gasteiger partial charge in [-0.1, -0.05) is 17.3 Å². The van der Waals surface area contributed by atoms with E-state index in [0.717, 1.165) is 22.6 Å². The van der Waals surface area contributed by atoms with Crippen LogP contribution in [0.15, 0.2) is 76.1 Å². The second-order valence-electron chi connectivity index (χ2n) is 19.4. The molecule has 2 atom stereocenters. The fourth-order valence-electron chi connectivity index (χ4n) is 8.62. The highest BCUT2D eigenvalue weighted by atomic mass is 79.9. The summed E-state index contributed by atoms with van der Waals surface area (Å²) < 4.78 is 41.9. The number of pyridine rings is 1. The van der Waals surface area contributed by atoms with Crippen LogP contribution in [0.4, 0.5) is 19.3 Å². The van der Waals surface area contributed by atoms with Gasteiger partial charge in [0, 0.05) is 73.4 Å². The van der Waals surface area contributed by atoms with Crippen LogP contribution in [0.2, 0.25) is 0 Å². The van der Waals surface area contributed by atoms with Crippen molar-refractivity contribution in [2.45, 2.75) is 117 Å². The van der Waals surface area contributed by atoms with Crippen LogP contribution in [0.25, 0.3) is 5.69 Å². The number of rotatable bonds is 22. The number of fused-ring (bicyclic) bond motifs is 1. The Kier molecular flexibility index (Phi) is 18.2. The Morgan fingerprint density at radius 3 is 2.41 bits per heavy atom. The summed E-state index contributed by atoms with van der Waals surface area (Å²) in [5, 5.41) is 22.3. The van der Waals surface area contributed by atoms with Gasteiger partial charge in [0.1, 0.15) is 46.1 Å². The fourth-order valence-corrected chi connectivity index (χ4v) is 9.03. The lowest BCUT2D eigenvalue weighted by molar-refractivity contribution is -0.136. The number of amides is 7. The maximum atomic E-state index is 14.2. The van der Waals surface area contributed by atoms with Crippen LogP contribution < -0.4 is 36.9 Å². The molecule has 0 aliphatic carbocycles. The zero-order valence-electron chi connectivity index (χ0n) is 42.7. The molecule has 76 heavy (non-hydrogen) atoms. The summed E-state index contributed by atoms with van der Waals surface area (Å²) in [6, 6.07) is 12.6. The van der Waals surface area contributed by atoms with Crippen LogP contribution in [-0.2, 0) is 38.7 Å². The molecular weight excluding hydrogens is 1050 g/mol. The molecule has 1 fully saturated rings. The first kappa shape index (κ1) is 55.9. The third kappa shape index (κ3) is 13.9. The number of aryl methyl sites for hydroxylation is 4. The molecule has 5 N–H and O–H groups in total. The Hall–Kier alpha value is -7.82. The lowest BCUT2D eigenvalue weighted by Crippen LogP contribution is -2.54. The summed E-state index contributed by atoms with van der Waals surface area (Å²) in [6.07, 6.45) is 4.13. The second kappa shape index (κ2) is 24.7. The Balaban J connectivity index is 0.852. The lowest BCUT2D eigenvalue weighted by Gasteiger charge is -2.27. The Bertz CT molecular complexity index is 3120. The monoisotopic (exact) mass is 1110 g/mol. The third-order valence-electron chi connectivity index (χ3n) is 12.5. The van der Waals surface area contributed by atoms with E-state index in [1.165, 1.54) is 16.7 Å². The highest BCUT2D eigenvalue weighted by Gasteiger charge is 2.45. The molecule has 0 saturated carbocycles. The minimum Gasteiger partial charge on any atom is -0.487 e. The van der Waals surface area contributed by atoms with E-state index in [4.69, 9.17) is 9.47 Å². The van der Waals surface area contributed by atoms with Gasteiger partial charge in [-0.2, -0.15) is 0 Å². The van der Waals surface area contributed by atoms with Gasteiger partial charge in [-0.3, -0.25) is 53.0 Å². The van der Waals surface area contributed by atoms with Crippen molar-refractivity contribution >= 4 is 63.2 Å². The quantitative estimate of drug-likeness (QED) is 0.0388. The van der Waals surface area contributed by atoms with Gasteiger partial charge in [0.25, 0.3) is 23.3 Å². The maximum Gasteiger partial charge on any atom is 0.408 e. The maximum absolute atomic E-state index is 14.2. The van der Waals surface area contributed by atoms with Gasteiger partial charge < -0.3 is 30.7 Å². The average Bonchev–Trinajstić information content (AvgIpc) is 3.94. The molecular formula is C53H59BrF2N10O10. The normalized spacial score (nSPS) is 14.7. The highest BCUT2D eigenvalue weighted by Crippen LogP contribution is 2.33. The lowest BCUT2D eigenvalue weighted by atomic mass is 10.0. The van der Waals surface area contributed by atoms with Crippen molar-refractivity contribution in [3.05, 3.63) is 133 Å². The Labute approximate surface area is 444 Å². The number of imide groups is 2. The fraction of sp³-hybridized carbons (Fsp3) is 0.396. The van der Waals surface area contributed by atoms with Crippen LogP contribution in [0.3, 0.4) is 0 Å². The number of ether oxygens (including phenoxy) is 2. The zero-order chi connectivity index (χ0) is 54.8. The van der Waals surface area contributed by atoms with E-state index in [-0.39, 0.29) is 71.8 Å². The first-order chi connectivity index (χ1) is 36.2. The predicted molar refractivity (Wildman–Crippen MR) is 277 cm³/mol. The number of nitrogens with zero attached hydrogens (tertiary/aromatic N) is 5. The molecule has 7 rings (SSSR count). The van der Waals surface area contributed by atoms with Gasteiger partial charge in [-0.25, -0.2) is 13.6 Å². The molecule has 20 nitrogen and oxygen atoms in total. The number of benzene rings is 3. The molecule has 2 aromatic heterocycles. The van der Waals surface area contributed by atoms with Gasteiger partial charge in [0.2, 0.25) is 17.7 Å². The van der Waals surface area contributed by atoms with Crippen molar-refractivity contribution in [2.24, 2.45) is 0 Å². The molecule has 0 radical (unpaired) electrons. The third-order valence-corrected chi connectivity index (χ3v) is 13.2. The van der Waals surface area contributed by atoms with Crippen LogP contribution in [0.1, 0.15) is 119 Å². The molecule has 2 aliphatic heterocycles. The number of aromatic nitrogens is 4. The minimum absolute atomic E-state index is 0.0147. The summed E-state index contributed by atoms with van der Waals surface area (Å²) in [5.74, 6) is -4.44. The molecule has 7 amide bonds. The highest BCUT2D eigenvalue weighted by molar-refractivity contribution is 9.10. The Morgan fingerprint density at radius 1 is 0.908 bits per heavy atom. The van der Waals surface area contributed by atoms with E-state index in [0.29, 0.717) is 73.5 Å². The van der Waals surface area contributed by atoms with Crippen molar-refractivity contribution in [1.29, 1.82) is 0 Å².